The number of amides is 1. The zero-order chi connectivity index (χ0) is 21.3. The second-order valence-corrected chi connectivity index (χ2v) is 8.74. The van der Waals surface area contributed by atoms with Gasteiger partial charge in [0.15, 0.2) is 0 Å². The molecule has 1 fully saturated rings. The van der Waals surface area contributed by atoms with E-state index in [1.54, 1.807) is 24.7 Å². The van der Waals surface area contributed by atoms with Gasteiger partial charge in [-0.05, 0) is 38.8 Å². The first kappa shape index (κ1) is 20.4. The highest BCUT2D eigenvalue weighted by atomic mass is 32.1. The molecular formula is C21H26N6O2S. The summed E-state index contributed by atoms with van der Waals surface area (Å²) in [4.78, 5) is 24.0. The van der Waals surface area contributed by atoms with Crippen LogP contribution in [0.15, 0.2) is 30.7 Å². The van der Waals surface area contributed by atoms with Crippen molar-refractivity contribution in [3.8, 4) is 5.75 Å². The third-order valence-electron chi connectivity index (χ3n) is 5.00. The Morgan fingerprint density at radius 2 is 2.20 bits per heavy atom. The van der Waals surface area contributed by atoms with Crippen LogP contribution in [0.2, 0.25) is 0 Å². The quantitative estimate of drug-likeness (QED) is 0.573. The highest BCUT2D eigenvalue weighted by Crippen LogP contribution is 2.39. The number of thiophene rings is 1. The van der Waals surface area contributed by atoms with Gasteiger partial charge in [0.1, 0.15) is 16.3 Å². The molecule has 0 aromatic carbocycles. The van der Waals surface area contributed by atoms with Gasteiger partial charge in [-0.3, -0.25) is 14.8 Å². The molecule has 1 aliphatic rings. The molecule has 3 aromatic heterocycles. The lowest BCUT2D eigenvalue weighted by atomic mass is 10.1. The number of carbonyl (C=O) groups excluding carboxylic acids is 1. The second kappa shape index (κ2) is 8.45. The number of hydrogen-bond donors (Lipinski definition) is 3. The molecule has 1 amide bonds. The van der Waals surface area contributed by atoms with Crippen LogP contribution >= 0.6 is 11.3 Å². The van der Waals surface area contributed by atoms with Crippen LogP contribution in [0, 0.1) is 0 Å². The number of nitrogens with one attached hydrogen (secondary N) is 1. The first-order valence-electron chi connectivity index (χ1n) is 10.0. The number of carbonyl (C=O) groups is 1. The lowest BCUT2D eigenvalue weighted by molar-refractivity contribution is 0.102. The topological polar surface area (TPSA) is 119 Å². The maximum absolute atomic E-state index is 13.2. The molecule has 5 N–H and O–H groups in total. The molecular weight excluding hydrogens is 400 g/mol. The maximum atomic E-state index is 13.2. The Labute approximate surface area is 179 Å². The molecule has 1 atom stereocenters. The van der Waals surface area contributed by atoms with Crippen LogP contribution in [0.4, 0.5) is 16.4 Å². The van der Waals surface area contributed by atoms with Crippen LogP contribution in [0.5, 0.6) is 5.75 Å². The summed E-state index contributed by atoms with van der Waals surface area (Å²) >= 11 is 1.31. The third kappa shape index (κ3) is 4.03. The normalized spacial score (nSPS) is 16.8. The molecule has 30 heavy (non-hydrogen) atoms. The van der Waals surface area contributed by atoms with E-state index in [-0.39, 0.29) is 18.1 Å². The van der Waals surface area contributed by atoms with Crippen molar-refractivity contribution in [1.29, 1.82) is 0 Å². The van der Waals surface area contributed by atoms with E-state index < -0.39 is 0 Å². The van der Waals surface area contributed by atoms with Crippen LogP contribution in [0.25, 0.3) is 10.2 Å². The molecule has 0 unspecified atom stereocenters. The van der Waals surface area contributed by atoms with Gasteiger partial charge in [-0.25, -0.2) is 0 Å². The molecule has 1 aliphatic heterocycles. The monoisotopic (exact) mass is 426 g/mol. The van der Waals surface area contributed by atoms with Crippen molar-refractivity contribution in [2.24, 2.45) is 5.73 Å². The number of nitrogen functional groups attached to an aromatic ring is 1. The van der Waals surface area contributed by atoms with Crippen LogP contribution < -0.4 is 26.4 Å². The molecule has 3 aromatic rings. The summed E-state index contributed by atoms with van der Waals surface area (Å²) in [5.74, 6) is 0.360. The number of pyridine rings is 2. The Morgan fingerprint density at radius 1 is 1.37 bits per heavy atom. The number of ether oxygens (including phenoxy) is 1. The minimum absolute atomic E-state index is 0.00469. The SMILES string of the molecule is CC(C)Oc1ccnc2c(C(=O)Nc3cnccc3N3CCC[C@H](N)C3)c(N)sc12. The molecule has 0 radical (unpaired) electrons. The second-order valence-electron chi connectivity index (χ2n) is 7.69. The lowest BCUT2D eigenvalue weighted by Gasteiger charge is -2.33. The summed E-state index contributed by atoms with van der Waals surface area (Å²) in [6.45, 7) is 5.54. The first-order valence-corrected chi connectivity index (χ1v) is 10.8. The molecule has 0 bridgehead atoms. The number of nitrogens with two attached hydrogens (primary N) is 2. The Kier molecular flexibility index (Phi) is 5.74. The average Bonchev–Trinajstić information content (AvgIpc) is 3.05. The maximum Gasteiger partial charge on any atom is 0.260 e. The summed E-state index contributed by atoms with van der Waals surface area (Å²) < 4.78 is 6.62. The Morgan fingerprint density at radius 3 is 2.97 bits per heavy atom. The molecule has 0 spiro atoms. The van der Waals surface area contributed by atoms with Gasteiger partial charge in [0.25, 0.3) is 5.91 Å². The standard InChI is InChI=1S/C21H26N6O2S/c1-12(2)29-16-6-8-25-18-17(20(23)30-19(16)18)21(28)26-14-10-24-7-5-15(14)27-9-3-4-13(22)11-27/h5-8,10,12-13H,3-4,9,11,22-23H2,1-2H3,(H,26,28)/t13-/m0/s1. The largest absolute Gasteiger partial charge is 0.489 e. The van der Waals surface area contributed by atoms with E-state index >= 15 is 0 Å². The van der Waals surface area contributed by atoms with Gasteiger partial charge in [-0.15, -0.1) is 11.3 Å². The molecule has 4 heterocycles. The molecule has 0 saturated carbocycles. The van der Waals surface area contributed by atoms with Gasteiger partial charge < -0.3 is 26.4 Å². The first-order chi connectivity index (χ1) is 14.4. The van der Waals surface area contributed by atoms with Crippen molar-refractivity contribution in [1.82, 2.24) is 9.97 Å². The lowest BCUT2D eigenvalue weighted by Crippen LogP contribution is -2.43. The summed E-state index contributed by atoms with van der Waals surface area (Å²) in [5, 5.41) is 3.38. The van der Waals surface area contributed by atoms with Crippen molar-refractivity contribution in [2.75, 3.05) is 29.0 Å². The van der Waals surface area contributed by atoms with Crippen molar-refractivity contribution in [2.45, 2.75) is 38.8 Å². The third-order valence-corrected chi connectivity index (χ3v) is 6.02. The van der Waals surface area contributed by atoms with E-state index in [0.29, 0.717) is 27.5 Å². The molecule has 158 valence electrons. The number of anilines is 3. The molecule has 0 aliphatic carbocycles. The van der Waals surface area contributed by atoms with Gasteiger partial charge in [-0.2, -0.15) is 0 Å². The van der Waals surface area contributed by atoms with E-state index in [4.69, 9.17) is 16.2 Å². The molecule has 8 nitrogen and oxygen atoms in total. The number of nitrogens with zero attached hydrogens (tertiary/aromatic N) is 3. The fraction of sp³-hybridized carbons (Fsp3) is 0.381. The van der Waals surface area contributed by atoms with E-state index in [1.165, 1.54) is 11.3 Å². The van der Waals surface area contributed by atoms with Gasteiger partial charge >= 0.3 is 0 Å². The van der Waals surface area contributed by atoms with Crippen LogP contribution in [0.1, 0.15) is 37.0 Å². The summed E-state index contributed by atoms with van der Waals surface area (Å²) in [5.41, 5.74) is 14.8. The van der Waals surface area contributed by atoms with Gasteiger partial charge in [0.05, 0.1) is 33.9 Å². The van der Waals surface area contributed by atoms with Gasteiger partial charge in [0, 0.05) is 31.5 Å². The van der Waals surface area contributed by atoms with Gasteiger partial charge in [0.2, 0.25) is 0 Å². The zero-order valence-electron chi connectivity index (χ0n) is 17.1. The summed E-state index contributed by atoms with van der Waals surface area (Å²) in [6, 6.07) is 3.81. The van der Waals surface area contributed by atoms with Crippen LogP contribution in [-0.4, -0.2) is 41.1 Å². The Bertz CT molecular complexity index is 1070. The summed E-state index contributed by atoms with van der Waals surface area (Å²) in [7, 11) is 0. The Hall–Kier alpha value is -2.91. The number of fused-ring (bicyclic) bond motifs is 1. The predicted molar refractivity (Wildman–Crippen MR) is 121 cm³/mol. The Balaban J connectivity index is 1.66. The van der Waals surface area contributed by atoms with E-state index in [2.05, 4.69) is 20.2 Å². The number of piperidine rings is 1. The van der Waals surface area contributed by atoms with E-state index in [1.807, 2.05) is 19.9 Å². The molecule has 4 rings (SSSR count). The molecule has 1 saturated heterocycles. The van der Waals surface area contributed by atoms with E-state index in [0.717, 1.165) is 36.3 Å². The number of aromatic nitrogens is 2. The van der Waals surface area contributed by atoms with Crippen molar-refractivity contribution in [3.05, 3.63) is 36.3 Å². The minimum atomic E-state index is -0.316. The smallest absolute Gasteiger partial charge is 0.260 e. The fourth-order valence-electron chi connectivity index (χ4n) is 3.72. The zero-order valence-corrected chi connectivity index (χ0v) is 17.9. The van der Waals surface area contributed by atoms with Crippen LogP contribution in [-0.2, 0) is 0 Å². The number of rotatable bonds is 5. The van der Waals surface area contributed by atoms with Crippen molar-refractivity contribution < 1.29 is 9.53 Å². The minimum Gasteiger partial charge on any atom is -0.489 e. The van der Waals surface area contributed by atoms with Crippen LogP contribution in [0.3, 0.4) is 0 Å². The highest BCUT2D eigenvalue weighted by Gasteiger charge is 2.24. The number of hydrogen-bond acceptors (Lipinski definition) is 8. The van der Waals surface area contributed by atoms with Crippen molar-refractivity contribution in [3.63, 3.8) is 0 Å². The highest BCUT2D eigenvalue weighted by molar-refractivity contribution is 7.23. The summed E-state index contributed by atoms with van der Waals surface area (Å²) in [6.07, 6.45) is 7.03. The van der Waals surface area contributed by atoms with Crippen molar-refractivity contribution >= 4 is 43.8 Å². The predicted octanol–water partition coefficient (Wildman–Crippen LogP) is 3.24. The average molecular weight is 427 g/mol. The van der Waals surface area contributed by atoms with Gasteiger partial charge in [-0.1, -0.05) is 0 Å². The fourth-order valence-corrected chi connectivity index (χ4v) is 4.70. The van der Waals surface area contributed by atoms with E-state index in [9.17, 15) is 4.79 Å². The molecule has 9 heteroatoms.